The third-order valence-electron chi connectivity index (χ3n) is 2.30. The minimum Gasteiger partial charge on any atom is -0.494 e. The zero-order valence-corrected chi connectivity index (χ0v) is 7.26. The Kier molecular flexibility index (Phi) is 1.79. The molecule has 2 rings (SSSR count). The predicted molar refractivity (Wildman–Crippen MR) is 45.6 cm³/mol. The van der Waals surface area contributed by atoms with Crippen molar-refractivity contribution in [2.45, 2.75) is 12.8 Å². The van der Waals surface area contributed by atoms with E-state index in [-0.39, 0.29) is 11.5 Å². The number of ketones is 1. The fraction of sp³-hybridized carbons (Fsp3) is 0.300. The van der Waals surface area contributed by atoms with Gasteiger partial charge in [0.05, 0.1) is 7.11 Å². The largest absolute Gasteiger partial charge is 0.494 e. The number of ether oxygens (including phenoxy) is 1. The van der Waals surface area contributed by atoms with Crippen LogP contribution >= 0.6 is 0 Å². The summed E-state index contributed by atoms with van der Waals surface area (Å²) in [7, 11) is 1.39. The molecule has 2 nitrogen and oxygen atoms in total. The molecule has 1 aliphatic carbocycles. The van der Waals surface area contributed by atoms with Crippen molar-refractivity contribution in [2.24, 2.45) is 0 Å². The summed E-state index contributed by atoms with van der Waals surface area (Å²) in [5, 5.41) is 0. The number of rotatable bonds is 1. The lowest BCUT2D eigenvalue weighted by Gasteiger charge is -2.03. The molecule has 68 valence electrons. The number of carbonyl (C=O) groups is 1. The maximum Gasteiger partial charge on any atom is 0.165 e. The highest BCUT2D eigenvalue weighted by atomic mass is 19.1. The Morgan fingerprint density at radius 2 is 2.15 bits per heavy atom. The second-order valence-electron chi connectivity index (χ2n) is 3.07. The molecule has 0 bridgehead atoms. The van der Waals surface area contributed by atoms with Crippen LogP contribution in [0.5, 0.6) is 5.75 Å². The van der Waals surface area contributed by atoms with E-state index in [0.29, 0.717) is 18.4 Å². The van der Waals surface area contributed by atoms with E-state index in [1.807, 2.05) is 0 Å². The molecule has 0 saturated carbocycles. The van der Waals surface area contributed by atoms with Gasteiger partial charge in [-0.3, -0.25) is 4.79 Å². The molecule has 3 heteroatoms. The van der Waals surface area contributed by atoms with Crippen molar-refractivity contribution >= 4 is 5.78 Å². The number of halogens is 1. The summed E-state index contributed by atoms with van der Waals surface area (Å²) in [6.45, 7) is 0. The van der Waals surface area contributed by atoms with Crippen LogP contribution in [0.4, 0.5) is 4.39 Å². The molecule has 0 saturated heterocycles. The quantitative estimate of drug-likeness (QED) is 0.660. The molecule has 1 aromatic rings. The van der Waals surface area contributed by atoms with Crippen molar-refractivity contribution in [1.29, 1.82) is 0 Å². The van der Waals surface area contributed by atoms with Crippen LogP contribution in [-0.4, -0.2) is 12.9 Å². The van der Waals surface area contributed by atoms with Gasteiger partial charge in [-0.25, -0.2) is 4.39 Å². The number of methoxy groups -OCH3 is 1. The molecule has 0 spiro atoms. The lowest BCUT2D eigenvalue weighted by Crippen LogP contribution is -1.95. The van der Waals surface area contributed by atoms with Gasteiger partial charge in [0.2, 0.25) is 0 Å². The molecule has 0 N–H and O–H groups in total. The first-order valence-corrected chi connectivity index (χ1v) is 4.12. The summed E-state index contributed by atoms with van der Waals surface area (Å²) >= 11 is 0. The highest BCUT2D eigenvalue weighted by Crippen LogP contribution is 2.28. The molecule has 0 unspecified atom stereocenters. The Balaban J connectivity index is 2.57. The normalized spacial score (nSPS) is 14.5. The number of aryl methyl sites for hydroxylation is 1. The number of hydrogen-bond acceptors (Lipinski definition) is 2. The van der Waals surface area contributed by atoms with Gasteiger partial charge in [0.25, 0.3) is 0 Å². The van der Waals surface area contributed by atoms with E-state index < -0.39 is 5.82 Å². The van der Waals surface area contributed by atoms with Crippen molar-refractivity contribution in [1.82, 2.24) is 0 Å². The van der Waals surface area contributed by atoms with Gasteiger partial charge in [-0.15, -0.1) is 0 Å². The van der Waals surface area contributed by atoms with Gasteiger partial charge < -0.3 is 4.74 Å². The van der Waals surface area contributed by atoms with Crippen LogP contribution in [0.3, 0.4) is 0 Å². The van der Waals surface area contributed by atoms with Crippen LogP contribution in [0.25, 0.3) is 0 Å². The summed E-state index contributed by atoms with van der Waals surface area (Å²) in [4.78, 5) is 11.3. The molecular formula is C10H9FO2. The zero-order chi connectivity index (χ0) is 9.42. The maximum absolute atomic E-state index is 13.1. The van der Waals surface area contributed by atoms with Crippen molar-refractivity contribution in [2.75, 3.05) is 7.11 Å². The van der Waals surface area contributed by atoms with Crippen LogP contribution in [0.2, 0.25) is 0 Å². The Labute approximate surface area is 75.3 Å². The lowest BCUT2D eigenvalue weighted by molar-refractivity contribution is 0.0994. The fourth-order valence-corrected chi connectivity index (χ4v) is 1.60. The van der Waals surface area contributed by atoms with Gasteiger partial charge >= 0.3 is 0 Å². The first kappa shape index (κ1) is 8.23. The van der Waals surface area contributed by atoms with Crippen LogP contribution in [0, 0.1) is 5.82 Å². The number of fused-ring (bicyclic) bond motifs is 1. The van der Waals surface area contributed by atoms with Gasteiger partial charge in [-0.05, 0) is 24.1 Å². The van der Waals surface area contributed by atoms with Gasteiger partial charge in [-0.1, -0.05) is 0 Å². The SMILES string of the molecule is COc1cc2c(cc1F)CCC2=O. The summed E-state index contributed by atoms with van der Waals surface area (Å²) in [5.74, 6) is -0.168. The summed E-state index contributed by atoms with van der Waals surface area (Å²) in [6, 6.07) is 2.87. The third-order valence-corrected chi connectivity index (χ3v) is 2.30. The van der Waals surface area contributed by atoms with Crippen molar-refractivity contribution in [3.05, 3.63) is 29.1 Å². The summed E-state index contributed by atoms with van der Waals surface area (Å²) < 4.78 is 17.9. The molecule has 0 heterocycles. The fourth-order valence-electron chi connectivity index (χ4n) is 1.60. The van der Waals surface area contributed by atoms with Gasteiger partial charge in [0.15, 0.2) is 17.3 Å². The van der Waals surface area contributed by atoms with Crippen LogP contribution < -0.4 is 4.74 Å². The minimum atomic E-state index is -0.393. The van der Waals surface area contributed by atoms with Gasteiger partial charge in [0.1, 0.15) is 0 Å². The smallest absolute Gasteiger partial charge is 0.165 e. The third kappa shape index (κ3) is 1.20. The average Bonchev–Trinajstić information content (AvgIpc) is 2.46. The molecule has 1 aliphatic rings. The molecule has 0 amide bonds. The minimum absolute atomic E-state index is 0.0771. The van der Waals surface area contributed by atoms with E-state index in [1.54, 1.807) is 0 Å². The molecule has 1 aromatic carbocycles. The standard InChI is InChI=1S/C10H9FO2/c1-13-10-5-7-6(4-8(10)11)2-3-9(7)12/h4-5H,2-3H2,1H3. The number of benzene rings is 1. The van der Waals surface area contributed by atoms with Crippen molar-refractivity contribution < 1.29 is 13.9 Å². The van der Waals surface area contributed by atoms with Crippen molar-refractivity contribution in [3.63, 3.8) is 0 Å². The van der Waals surface area contributed by atoms with E-state index in [9.17, 15) is 9.18 Å². The number of hydrogen-bond donors (Lipinski definition) is 0. The Morgan fingerprint density at radius 3 is 2.85 bits per heavy atom. The van der Waals surface area contributed by atoms with Gasteiger partial charge in [0, 0.05) is 12.0 Å². The molecule has 0 radical (unpaired) electrons. The Hall–Kier alpha value is -1.38. The lowest BCUT2D eigenvalue weighted by atomic mass is 10.1. The highest BCUT2D eigenvalue weighted by Gasteiger charge is 2.21. The Bertz CT molecular complexity index is 371. The Morgan fingerprint density at radius 1 is 1.38 bits per heavy atom. The molecule has 0 aliphatic heterocycles. The van der Waals surface area contributed by atoms with Crippen LogP contribution in [0.1, 0.15) is 22.3 Å². The first-order valence-electron chi connectivity index (χ1n) is 4.12. The highest BCUT2D eigenvalue weighted by molar-refractivity contribution is 6.00. The molecular weight excluding hydrogens is 171 g/mol. The van der Waals surface area contributed by atoms with E-state index in [2.05, 4.69) is 0 Å². The molecule has 0 fully saturated rings. The zero-order valence-electron chi connectivity index (χ0n) is 7.26. The van der Waals surface area contributed by atoms with E-state index in [1.165, 1.54) is 19.2 Å². The second-order valence-corrected chi connectivity index (χ2v) is 3.07. The topological polar surface area (TPSA) is 26.3 Å². The number of carbonyl (C=O) groups excluding carboxylic acids is 1. The molecule has 13 heavy (non-hydrogen) atoms. The maximum atomic E-state index is 13.1. The predicted octanol–water partition coefficient (Wildman–Crippen LogP) is 1.96. The molecule has 0 aromatic heterocycles. The van der Waals surface area contributed by atoms with E-state index in [4.69, 9.17) is 4.74 Å². The van der Waals surface area contributed by atoms with Gasteiger partial charge in [-0.2, -0.15) is 0 Å². The summed E-state index contributed by atoms with van der Waals surface area (Å²) in [6.07, 6.45) is 1.14. The van der Waals surface area contributed by atoms with E-state index in [0.717, 1.165) is 5.56 Å². The monoisotopic (exact) mass is 180 g/mol. The summed E-state index contributed by atoms with van der Waals surface area (Å²) in [5.41, 5.74) is 1.40. The number of Topliss-reactive ketones (excluding diaryl/α,β-unsaturated/α-hetero) is 1. The van der Waals surface area contributed by atoms with Crippen LogP contribution in [-0.2, 0) is 6.42 Å². The second kappa shape index (κ2) is 2.83. The molecule has 0 atom stereocenters. The first-order chi connectivity index (χ1) is 6.22. The average molecular weight is 180 g/mol. The van der Waals surface area contributed by atoms with Crippen molar-refractivity contribution in [3.8, 4) is 5.75 Å². The van der Waals surface area contributed by atoms with Crippen LogP contribution in [0.15, 0.2) is 12.1 Å². The van der Waals surface area contributed by atoms with E-state index >= 15 is 0 Å².